The maximum absolute atomic E-state index is 12.5. The van der Waals surface area contributed by atoms with Crippen LogP contribution in [0.15, 0.2) is 77.9 Å². The monoisotopic (exact) mass is 478 g/mol. The third-order valence-electron chi connectivity index (χ3n) is 4.57. The molecule has 4 rings (SSSR count). The van der Waals surface area contributed by atoms with Crippen LogP contribution in [0.1, 0.15) is 20.8 Å². The van der Waals surface area contributed by atoms with Crippen LogP contribution in [0.4, 0.5) is 0 Å². The first-order chi connectivity index (χ1) is 16.0. The molecule has 1 aromatic heterocycles. The molecule has 1 heterocycles. The van der Waals surface area contributed by atoms with Gasteiger partial charge in [-0.15, -0.1) is 11.3 Å². The number of nitrogens with one attached hydrogen (secondary N) is 1. The van der Waals surface area contributed by atoms with Crippen molar-refractivity contribution in [2.24, 2.45) is 5.10 Å². The Morgan fingerprint density at radius 2 is 1.82 bits per heavy atom. The van der Waals surface area contributed by atoms with Gasteiger partial charge in [0.05, 0.1) is 11.2 Å². The number of aryl methyl sites for hydroxylation is 1. The average Bonchev–Trinajstić information content (AvgIpc) is 3.16. The Bertz CT molecular complexity index is 1330. The molecule has 0 saturated heterocycles. The van der Waals surface area contributed by atoms with Crippen LogP contribution in [-0.2, 0) is 4.79 Å². The van der Waals surface area contributed by atoms with Crippen molar-refractivity contribution in [2.45, 2.75) is 6.92 Å². The molecule has 0 unspecified atom stereocenters. The van der Waals surface area contributed by atoms with E-state index in [1.165, 1.54) is 17.6 Å². The summed E-state index contributed by atoms with van der Waals surface area (Å²) >= 11 is 7.63. The molecular formula is C25H19ClN2O4S. The molecule has 0 atom stereocenters. The van der Waals surface area contributed by atoms with E-state index in [9.17, 15) is 9.59 Å². The maximum Gasteiger partial charge on any atom is 0.355 e. The molecule has 6 nitrogen and oxygen atoms in total. The van der Waals surface area contributed by atoms with Gasteiger partial charge in [0.2, 0.25) is 0 Å². The number of esters is 1. The SMILES string of the molecule is Cc1cccc(OCC(=O)N/N=C/c2ccc(OC(=O)c3sc4ccccc4c3Cl)cc2)c1. The highest BCUT2D eigenvalue weighted by atomic mass is 35.5. The Kier molecular flexibility index (Phi) is 7.02. The summed E-state index contributed by atoms with van der Waals surface area (Å²) in [6.45, 7) is 1.80. The maximum atomic E-state index is 12.5. The van der Waals surface area contributed by atoms with E-state index in [1.807, 2.05) is 49.4 Å². The van der Waals surface area contributed by atoms with Gasteiger partial charge >= 0.3 is 5.97 Å². The van der Waals surface area contributed by atoms with Gasteiger partial charge in [0.15, 0.2) is 6.61 Å². The Morgan fingerprint density at radius 3 is 2.58 bits per heavy atom. The first-order valence-electron chi connectivity index (χ1n) is 10.0. The fourth-order valence-corrected chi connectivity index (χ4v) is 4.37. The first-order valence-corrected chi connectivity index (χ1v) is 11.2. The number of rotatable bonds is 7. The quantitative estimate of drug-likeness (QED) is 0.162. The van der Waals surface area contributed by atoms with Crippen LogP contribution < -0.4 is 14.9 Å². The zero-order valence-corrected chi connectivity index (χ0v) is 19.2. The molecule has 3 aromatic carbocycles. The number of thiophene rings is 1. The van der Waals surface area contributed by atoms with Gasteiger partial charge in [0.25, 0.3) is 5.91 Å². The van der Waals surface area contributed by atoms with E-state index in [0.717, 1.165) is 21.2 Å². The normalized spacial score (nSPS) is 11.0. The summed E-state index contributed by atoms with van der Waals surface area (Å²) in [5.74, 6) is 0.111. The minimum atomic E-state index is -0.511. The lowest BCUT2D eigenvalue weighted by molar-refractivity contribution is -0.123. The first kappa shape index (κ1) is 22.5. The van der Waals surface area contributed by atoms with Crippen LogP contribution in [0, 0.1) is 6.92 Å². The second-order valence-corrected chi connectivity index (χ2v) is 8.53. The molecule has 0 bridgehead atoms. The molecule has 166 valence electrons. The standard InChI is InChI=1S/C25H19ClN2O4S/c1-16-5-4-6-19(13-16)31-15-22(29)28-27-14-17-9-11-18(12-10-17)32-25(30)24-23(26)20-7-2-3-8-21(20)33-24/h2-14H,15H2,1H3,(H,28,29)/b27-14+. The Hall–Kier alpha value is -3.68. The van der Waals surface area contributed by atoms with Crippen LogP contribution in [0.2, 0.25) is 5.02 Å². The Morgan fingerprint density at radius 1 is 1.03 bits per heavy atom. The van der Waals surface area contributed by atoms with Crippen molar-refractivity contribution in [2.75, 3.05) is 6.61 Å². The van der Waals surface area contributed by atoms with Crippen molar-refractivity contribution in [1.82, 2.24) is 5.43 Å². The highest BCUT2D eigenvalue weighted by molar-refractivity contribution is 7.21. The van der Waals surface area contributed by atoms with E-state index in [0.29, 0.717) is 21.4 Å². The van der Waals surface area contributed by atoms with Crippen LogP contribution >= 0.6 is 22.9 Å². The van der Waals surface area contributed by atoms with Crippen LogP contribution in [0.25, 0.3) is 10.1 Å². The fourth-order valence-electron chi connectivity index (χ4n) is 2.99. The van der Waals surface area contributed by atoms with Crippen molar-refractivity contribution in [3.63, 3.8) is 0 Å². The van der Waals surface area contributed by atoms with Gasteiger partial charge in [-0.2, -0.15) is 5.10 Å². The summed E-state index contributed by atoms with van der Waals surface area (Å²) in [5, 5.41) is 5.14. The molecule has 8 heteroatoms. The van der Waals surface area contributed by atoms with Gasteiger partial charge in [-0.05, 0) is 60.5 Å². The van der Waals surface area contributed by atoms with Gasteiger partial charge in [-0.1, -0.05) is 41.9 Å². The van der Waals surface area contributed by atoms with Crippen molar-refractivity contribution in [3.8, 4) is 11.5 Å². The van der Waals surface area contributed by atoms with E-state index in [2.05, 4.69) is 10.5 Å². The predicted octanol–water partition coefficient (Wildman–Crippen LogP) is 5.61. The van der Waals surface area contributed by atoms with Crippen molar-refractivity contribution in [3.05, 3.63) is 93.8 Å². The largest absolute Gasteiger partial charge is 0.484 e. The number of amides is 1. The molecular weight excluding hydrogens is 460 g/mol. The zero-order valence-electron chi connectivity index (χ0n) is 17.6. The van der Waals surface area contributed by atoms with Crippen molar-refractivity contribution < 1.29 is 19.1 Å². The van der Waals surface area contributed by atoms with Gasteiger partial charge in [0.1, 0.15) is 16.4 Å². The number of hydrogen-bond acceptors (Lipinski definition) is 6. The van der Waals surface area contributed by atoms with Crippen molar-refractivity contribution in [1.29, 1.82) is 0 Å². The average molecular weight is 479 g/mol. The fraction of sp³-hybridized carbons (Fsp3) is 0.0800. The lowest BCUT2D eigenvalue weighted by Gasteiger charge is -2.05. The molecule has 0 aliphatic rings. The second-order valence-electron chi connectivity index (χ2n) is 7.10. The third-order valence-corrected chi connectivity index (χ3v) is 6.23. The van der Waals surface area contributed by atoms with E-state index in [-0.39, 0.29) is 12.5 Å². The van der Waals surface area contributed by atoms with Crippen LogP contribution in [0.5, 0.6) is 11.5 Å². The number of fused-ring (bicyclic) bond motifs is 1. The van der Waals surface area contributed by atoms with E-state index < -0.39 is 5.97 Å². The van der Waals surface area contributed by atoms with Crippen molar-refractivity contribution >= 4 is 51.1 Å². The zero-order chi connectivity index (χ0) is 23.2. The minimum Gasteiger partial charge on any atom is -0.484 e. The smallest absolute Gasteiger partial charge is 0.355 e. The van der Waals surface area contributed by atoms with E-state index >= 15 is 0 Å². The molecule has 4 aromatic rings. The molecule has 0 aliphatic carbocycles. The van der Waals surface area contributed by atoms with Gasteiger partial charge in [-0.25, -0.2) is 10.2 Å². The number of ether oxygens (including phenoxy) is 2. The summed E-state index contributed by atoms with van der Waals surface area (Å²) in [4.78, 5) is 24.8. The molecule has 0 spiro atoms. The molecule has 0 fully saturated rings. The third kappa shape index (κ3) is 5.77. The predicted molar refractivity (Wildman–Crippen MR) is 131 cm³/mol. The molecule has 1 N–H and O–H groups in total. The van der Waals surface area contributed by atoms with Gasteiger partial charge in [0, 0.05) is 10.1 Å². The van der Waals surface area contributed by atoms with Gasteiger partial charge < -0.3 is 9.47 Å². The summed E-state index contributed by atoms with van der Waals surface area (Å²) in [6.07, 6.45) is 1.49. The molecule has 1 amide bonds. The van der Waals surface area contributed by atoms with E-state index in [1.54, 1.807) is 30.3 Å². The molecule has 33 heavy (non-hydrogen) atoms. The number of hydrogen-bond donors (Lipinski definition) is 1. The van der Waals surface area contributed by atoms with Crippen LogP contribution in [-0.4, -0.2) is 24.7 Å². The summed E-state index contributed by atoms with van der Waals surface area (Å²) in [7, 11) is 0. The highest BCUT2D eigenvalue weighted by Crippen LogP contribution is 2.35. The Balaban J connectivity index is 1.29. The topological polar surface area (TPSA) is 77.0 Å². The van der Waals surface area contributed by atoms with Gasteiger partial charge in [-0.3, -0.25) is 4.79 Å². The number of halogens is 1. The lowest BCUT2D eigenvalue weighted by Crippen LogP contribution is -2.24. The lowest BCUT2D eigenvalue weighted by atomic mass is 10.2. The summed E-state index contributed by atoms with van der Waals surface area (Å²) in [5.41, 5.74) is 4.18. The van der Waals surface area contributed by atoms with Crippen LogP contribution in [0.3, 0.4) is 0 Å². The number of hydrazone groups is 1. The minimum absolute atomic E-state index is 0.143. The Labute approximate surface area is 199 Å². The number of nitrogens with zero attached hydrogens (tertiary/aromatic N) is 1. The second kappa shape index (κ2) is 10.3. The summed E-state index contributed by atoms with van der Waals surface area (Å²) in [6, 6.07) is 21.7. The number of carbonyl (C=O) groups is 2. The molecule has 0 aliphatic heterocycles. The number of carbonyl (C=O) groups excluding carboxylic acids is 2. The summed E-state index contributed by atoms with van der Waals surface area (Å²) < 4.78 is 11.8. The highest BCUT2D eigenvalue weighted by Gasteiger charge is 2.18. The molecule has 0 radical (unpaired) electrons. The molecule has 0 saturated carbocycles. The van der Waals surface area contributed by atoms with E-state index in [4.69, 9.17) is 21.1 Å². The number of benzene rings is 3.